The minimum atomic E-state index is 0.434. The lowest BCUT2D eigenvalue weighted by molar-refractivity contribution is 1.06. The Hall–Kier alpha value is -1.21. The molecule has 5 nitrogen and oxygen atoms in total. The number of rotatable bonds is 3. The lowest BCUT2D eigenvalue weighted by Gasteiger charge is -2.03. The molecule has 0 atom stereocenters. The molecule has 0 aliphatic heterocycles. The molecule has 0 radical (unpaired) electrons. The third kappa shape index (κ3) is 2.87. The zero-order chi connectivity index (χ0) is 10.7. The van der Waals surface area contributed by atoms with Gasteiger partial charge in [0.25, 0.3) is 0 Å². The summed E-state index contributed by atoms with van der Waals surface area (Å²) in [4.78, 5) is 13.3. The molecular weight excluding hydrogens is 278 g/mol. The minimum absolute atomic E-state index is 0.434. The average molecular weight is 286 g/mol. The molecule has 2 aromatic rings. The number of aromatic nitrogens is 3. The summed E-state index contributed by atoms with van der Waals surface area (Å²) in [6.45, 7) is 0.653. The summed E-state index contributed by atoms with van der Waals surface area (Å²) < 4.78 is 0.668. The van der Waals surface area contributed by atoms with Crippen LogP contribution in [0.4, 0.5) is 11.8 Å². The van der Waals surface area contributed by atoms with Gasteiger partial charge in [0.05, 0.1) is 12.1 Å². The lowest BCUT2D eigenvalue weighted by atomic mass is 10.5. The molecule has 15 heavy (non-hydrogen) atoms. The summed E-state index contributed by atoms with van der Waals surface area (Å²) in [6.07, 6.45) is 1.80. The summed E-state index contributed by atoms with van der Waals surface area (Å²) >= 11 is 4.83. The fraction of sp³-hybridized carbons (Fsp3) is 0.125. The second-order valence-electron chi connectivity index (χ2n) is 2.76. The second kappa shape index (κ2) is 4.54. The largest absolute Gasteiger partial charge is 0.383 e. The molecule has 2 rings (SSSR count). The zero-order valence-corrected chi connectivity index (χ0v) is 10.0. The van der Waals surface area contributed by atoms with Gasteiger partial charge in [-0.05, 0) is 15.9 Å². The van der Waals surface area contributed by atoms with E-state index < -0.39 is 0 Å². The van der Waals surface area contributed by atoms with Crippen LogP contribution in [0.5, 0.6) is 0 Å². The SMILES string of the molecule is Nc1cc(Br)nc(NCc2cncs2)n1. The Morgan fingerprint density at radius 2 is 2.33 bits per heavy atom. The number of hydrogen-bond donors (Lipinski definition) is 2. The highest BCUT2D eigenvalue weighted by molar-refractivity contribution is 9.10. The van der Waals surface area contributed by atoms with Crippen LogP contribution >= 0.6 is 27.3 Å². The van der Waals surface area contributed by atoms with Gasteiger partial charge >= 0.3 is 0 Å². The Morgan fingerprint density at radius 3 is 3.00 bits per heavy atom. The molecule has 0 bridgehead atoms. The van der Waals surface area contributed by atoms with E-state index in [9.17, 15) is 0 Å². The van der Waals surface area contributed by atoms with Gasteiger partial charge in [0.1, 0.15) is 10.4 Å². The van der Waals surface area contributed by atoms with Crippen LogP contribution < -0.4 is 11.1 Å². The van der Waals surface area contributed by atoms with Gasteiger partial charge in [0, 0.05) is 17.1 Å². The van der Waals surface area contributed by atoms with Crippen LogP contribution in [0.2, 0.25) is 0 Å². The first-order valence-electron chi connectivity index (χ1n) is 4.15. The van der Waals surface area contributed by atoms with Gasteiger partial charge in [-0.25, -0.2) is 4.98 Å². The normalized spacial score (nSPS) is 10.2. The van der Waals surface area contributed by atoms with Crippen LogP contribution in [-0.4, -0.2) is 15.0 Å². The van der Waals surface area contributed by atoms with Crippen molar-refractivity contribution in [3.63, 3.8) is 0 Å². The van der Waals surface area contributed by atoms with Crippen molar-refractivity contribution in [2.45, 2.75) is 6.54 Å². The molecule has 0 fully saturated rings. The molecule has 0 unspecified atom stereocenters. The Bertz CT molecular complexity index is 424. The maximum atomic E-state index is 5.58. The topological polar surface area (TPSA) is 76.7 Å². The van der Waals surface area contributed by atoms with Gasteiger partial charge in [0.2, 0.25) is 5.95 Å². The molecule has 2 heterocycles. The van der Waals surface area contributed by atoms with E-state index >= 15 is 0 Å². The highest BCUT2D eigenvalue weighted by Crippen LogP contribution is 2.13. The first-order valence-corrected chi connectivity index (χ1v) is 5.82. The number of hydrogen-bond acceptors (Lipinski definition) is 6. The van der Waals surface area contributed by atoms with E-state index in [0.29, 0.717) is 22.9 Å². The van der Waals surface area contributed by atoms with E-state index in [4.69, 9.17) is 5.73 Å². The molecule has 0 amide bonds. The van der Waals surface area contributed by atoms with E-state index in [1.54, 1.807) is 29.1 Å². The number of nitrogen functional groups attached to an aromatic ring is 1. The van der Waals surface area contributed by atoms with Crippen molar-refractivity contribution in [2.24, 2.45) is 0 Å². The molecule has 7 heteroatoms. The Kier molecular flexibility index (Phi) is 3.12. The van der Waals surface area contributed by atoms with Gasteiger partial charge in [-0.15, -0.1) is 11.3 Å². The quantitative estimate of drug-likeness (QED) is 0.843. The van der Waals surface area contributed by atoms with Crippen LogP contribution in [0.25, 0.3) is 0 Å². The van der Waals surface area contributed by atoms with Crippen LogP contribution in [0.1, 0.15) is 4.88 Å². The fourth-order valence-corrected chi connectivity index (χ4v) is 1.95. The zero-order valence-electron chi connectivity index (χ0n) is 7.64. The monoisotopic (exact) mass is 285 g/mol. The molecule has 0 saturated heterocycles. The molecule has 0 spiro atoms. The number of thiazole rings is 1. The van der Waals surface area contributed by atoms with E-state index in [-0.39, 0.29) is 0 Å². The van der Waals surface area contributed by atoms with Gasteiger partial charge in [-0.1, -0.05) is 0 Å². The molecule has 0 aliphatic carbocycles. The number of nitrogens with zero attached hydrogens (tertiary/aromatic N) is 3. The predicted octanol–water partition coefficient (Wildman–Crippen LogP) is 1.89. The van der Waals surface area contributed by atoms with Crippen molar-refractivity contribution < 1.29 is 0 Å². The van der Waals surface area contributed by atoms with Crippen molar-refractivity contribution in [3.8, 4) is 0 Å². The first kappa shape index (κ1) is 10.3. The molecule has 78 valence electrons. The van der Waals surface area contributed by atoms with Crippen molar-refractivity contribution in [3.05, 3.63) is 27.3 Å². The molecule has 2 aromatic heterocycles. The van der Waals surface area contributed by atoms with Crippen molar-refractivity contribution >= 4 is 39.0 Å². The van der Waals surface area contributed by atoms with Crippen molar-refractivity contribution in [1.29, 1.82) is 0 Å². The van der Waals surface area contributed by atoms with Gasteiger partial charge in [-0.3, -0.25) is 4.98 Å². The summed E-state index contributed by atoms with van der Waals surface area (Å²) in [6, 6.07) is 1.65. The minimum Gasteiger partial charge on any atom is -0.383 e. The van der Waals surface area contributed by atoms with E-state index in [0.717, 1.165) is 4.88 Å². The van der Waals surface area contributed by atoms with Gasteiger partial charge in [0.15, 0.2) is 0 Å². The van der Waals surface area contributed by atoms with E-state index in [1.165, 1.54) is 0 Å². The van der Waals surface area contributed by atoms with Crippen LogP contribution in [0.15, 0.2) is 22.4 Å². The Balaban J connectivity index is 2.05. The highest BCUT2D eigenvalue weighted by Gasteiger charge is 2.00. The lowest BCUT2D eigenvalue weighted by Crippen LogP contribution is -2.04. The third-order valence-electron chi connectivity index (χ3n) is 1.62. The number of nitrogens with one attached hydrogen (secondary N) is 1. The van der Waals surface area contributed by atoms with Gasteiger partial charge in [-0.2, -0.15) is 4.98 Å². The highest BCUT2D eigenvalue weighted by atomic mass is 79.9. The van der Waals surface area contributed by atoms with Crippen LogP contribution in [0, 0.1) is 0 Å². The number of anilines is 2. The van der Waals surface area contributed by atoms with Gasteiger partial charge < -0.3 is 11.1 Å². The Labute approximate surface area is 98.9 Å². The van der Waals surface area contributed by atoms with Crippen molar-refractivity contribution in [2.75, 3.05) is 11.1 Å². The maximum absolute atomic E-state index is 5.58. The molecule has 0 saturated carbocycles. The fourth-order valence-electron chi connectivity index (χ4n) is 1.01. The standard InChI is InChI=1S/C8H8BrN5S/c9-6-1-7(10)14-8(13-6)12-3-5-2-11-4-15-5/h1-2,4H,3H2,(H3,10,12,13,14). The average Bonchev–Trinajstić information content (AvgIpc) is 2.65. The van der Waals surface area contributed by atoms with Crippen LogP contribution in [-0.2, 0) is 6.54 Å². The summed E-state index contributed by atoms with van der Waals surface area (Å²) in [5, 5.41) is 3.07. The number of halogens is 1. The third-order valence-corrected chi connectivity index (χ3v) is 2.80. The van der Waals surface area contributed by atoms with Crippen LogP contribution in [0.3, 0.4) is 0 Å². The molecular formula is C8H8BrN5S. The summed E-state index contributed by atoms with van der Waals surface area (Å²) in [7, 11) is 0. The smallest absolute Gasteiger partial charge is 0.226 e. The second-order valence-corrected chi connectivity index (χ2v) is 4.54. The first-order chi connectivity index (χ1) is 7.24. The van der Waals surface area contributed by atoms with E-state index in [2.05, 4.69) is 36.2 Å². The Morgan fingerprint density at radius 1 is 1.47 bits per heavy atom. The van der Waals surface area contributed by atoms with Crippen molar-refractivity contribution in [1.82, 2.24) is 15.0 Å². The molecule has 0 aromatic carbocycles. The predicted molar refractivity (Wildman–Crippen MR) is 63.6 cm³/mol. The molecule has 0 aliphatic rings. The molecule has 3 N–H and O–H groups in total. The summed E-state index contributed by atoms with van der Waals surface area (Å²) in [5.41, 5.74) is 7.36. The summed E-state index contributed by atoms with van der Waals surface area (Å²) in [5.74, 6) is 0.943. The maximum Gasteiger partial charge on any atom is 0.226 e. The van der Waals surface area contributed by atoms with E-state index in [1.807, 2.05) is 0 Å². The number of nitrogens with two attached hydrogens (primary N) is 1.